The summed E-state index contributed by atoms with van der Waals surface area (Å²) < 4.78 is 45.2. The summed E-state index contributed by atoms with van der Waals surface area (Å²) in [5.74, 6) is 0.243. The lowest BCUT2D eigenvalue weighted by atomic mass is 10.2. The van der Waals surface area contributed by atoms with E-state index in [0.29, 0.717) is 17.2 Å². The summed E-state index contributed by atoms with van der Waals surface area (Å²) in [6, 6.07) is 4.87. The summed E-state index contributed by atoms with van der Waals surface area (Å²) in [6.07, 6.45) is -0.376. The van der Waals surface area contributed by atoms with Gasteiger partial charge in [0.25, 0.3) is 0 Å². The van der Waals surface area contributed by atoms with E-state index in [4.69, 9.17) is 9.47 Å². The van der Waals surface area contributed by atoms with E-state index in [1.807, 2.05) is 0 Å². The molecule has 1 heterocycles. The van der Waals surface area contributed by atoms with Gasteiger partial charge in [0.05, 0.1) is 19.9 Å². The lowest BCUT2D eigenvalue weighted by Gasteiger charge is -2.20. The Bertz CT molecular complexity index is 631. The normalized spacial score (nSPS) is 19.2. The summed E-state index contributed by atoms with van der Waals surface area (Å²) in [7, 11) is -1.89. The molecule has 0 spiro atoms. The summed E-state index contributed by atoms with van der Waals surface area (Å²) in [5.41, 5.74) is 0.364. The van der Waals surface area contributed by atoms with Crippen molar-refractivity contribution in [2.45, 2.75) is 11.7 Å². The molecule has 1 aliphatic rings. The molecule has 6 nitrogen and oxygen atoms in total. The molecule has 0 saturated carbocycles. The second-order valence-electron chi connectivity index (χ2n) is 4.32. The molecule has 1 aromatic carbocycles. The molecule has 1 aliphatic heterocycles. The van der Waals surface area contributed by atoms with Crippen LogP contribution in [0.4, 0.5) is 9.57 Å². The molecule has 1 aromatic rings. The van der Waals surface area contributed by atoms with Gasteiger partial charge in [-0.2, -0.15) is 8.42 Å². The molecule has 0 aliphatic carbocycles. The molecule has 1 unspecified atom stereocenters. The third-order valence-electron chi connectivity index (χ3n) is 3.16. The van der Waals surface area contributed by atoms with Crippen LogP contribution in [0.5, 0.6) is 11.5 Å². The lowest BCUT2D eigenvalue weighted by Crippen LogP contribution is -2.27. The van der Waals surface area contributed by atoms with Crippen LogP contribution in [0.3, 0.4) is 0 Å². The van der Waals surface area contributed by atoms with Crippen LogP contribution in [-0.4, -0.2) is 40.3 Å². The Balaban J connectivity index is 2.40. The van der Waals surface area contributed by atoms with Crippen molar-refractivity contribution in [3.8, 4) is 11.5 Å². The Morgan fingerprint density at radius 2 is 2.00 bits per heavy atom. The Kier molecular flexibility index (Phi) is 3.85. The monoisotopic (exact) mass is 303 g/mol. The number of hydrogen-bond acceptors (Lipinski definition) is 5. The quantitative estimate of drug-likeness (QED) is 0.779. The van der Waals surface area contributed by atoms with Gasteiger partial charge in [-0.25, -0.2) is 0 Å². The van der Waals surface area contributed by atoms with Crippen molar-refractivity contribution in [1.29, 1.82) is 0 Å². The molecule has 0 aromatic heterocycles. The Morgan fingerprint density at radius 3 is 2.50 bits per heavy atom. The predicted octanol–water partition coefficient (Wildman–Crippen LogP) is 1.11. The van der Waals surface area contributed by atoms with E-state index in [0.717, 1.165) is 0 Å². The van der Waals surface area contributed by atoms with Crippen molar-refractivity contribution < 1.29 is 26.6 Å². The van der Waals surface area contributed by atoms with Gasteiger partial charge in [0.1, 0.15) is 5.25 Å². The minimum atomic E-state index is -4.75. The number of nitrogens with zero attached hydrogens (tertiary/aromatic N) is 1. The van der Waals surface area contributed by atoms with Gasteiger partial charge in [0.2, 0.25) is 5.91 Å². The number of carbonyl (C=O) groups excluding carboxylic acids is 1. The smallest absolute Gasteiger partial charge is 0.307 e. The third kappa shape index (κ3) is 2.55. The maximum Gasteiger partial charge on any atom is 0.307 e. The minimum Gasteiger partial charge on any atom is -0.493 e. The van der Waals surface area contributed by atoms with E-state index in [2.05, 4.69) is 0 Å². The molecule has 1 amide bonds. The summed E-state index contributed by atoms with van der Waals surface area (Å²) in [6.45, 7) is -0.235. The van der Waals surface area contributed by atoms with Gasteiger partial charge in [0.15, 0.2) is 11.5 Å². The van der Waals surface area contributed by atoms with Gasteiger partial charge in [-0.1, -0.05) is 6.07 Å². The molecule has 1 atom stereocenters. The second-order valence-corrected chi connectivity index (χ2v) is 5.94. The number of rotatable bonds is 4. The van der Waals surface area contributed by atoms with E-state index in [1.54, 1.807) is 18.2 Å². The molecule has 8 heteroatoms. The number of amides is 1. The number of benzene rings is 1. The topological polar surface area (TPSA) is 72.9 Å². The highest BCUT2D eigenvalue weighted by atomic mass is 32.3. The fourth-order valence-corrected chi connectivity index (χ4v) is 2.85. The Morgan fingerprint density at radius 1 is 1.30 bits per heavy atom. The fraction of sp³-hybridized carbons (Fsp3) is 0.417. The van der Waals surface area contributed by atoms with Crippen LogP contribution in [0.1, 0.15) is 6.42 Å². The number of anilines is 1. The number of halogens is 1. The fourth-order valence-electron chi connectivity index (χ4n) is 2.18. The maximum atomic E-state index is 13.0. The lowest BCUT2D eigenvalue weighted by molar-refractivity contribution is -0.117. The van der Waals surface area contributed by atoms with Gasteiger partial charge in [0, 0.05) is 13.0 Å². The third-order valence-corrected chi connectivity index (χ3v) is 4.27. The number of para-hydroxylation sites is 1. The molecule has 1 saturated heterocycles. The molecular formula is C12H14FNO5S. The van der Waals surface area contributed by atoms with Gasteiger partial charge < -0.3 is 14.4 Å². The van der Waals surface area contributed by atoms with Crippen LogP contribution in [-0.2, 0) is 15.0 Å². The largest absolute Gasteiger partial charge is 0.493 e. The zero-order chi connectivity index (χ0) is 14.9. The maximum absolute atomic E-state index is 13.0. The van der Waals surface area contributed by atoms with Crippen LogP contribution in [0, 0.1) is 0 Å². The average molecular weight is 303 g/mol. The van der Waals surface area contributed by atoms with E-state index < -0.39 is 21.4 Å². The standard InChI is InChI=1S/C12H14FNO5S/c1-18-10-5-3-4-9(12(10)19-2)14-7-8(6-11(14)15)20(13,16)17/h3-5,8H,6-7H2,1-2H3. The van der Waals surface area contributed by atoms with Crippen LogP contribution < -0.4 is 14.4 Å². The Hall–Kier alpha value is -1.83. The van der Waals surface area contributed by atoms with E-state index >= 15 is 0 Å². The Labute approximate surface area is 116 Å². The zero-order valence-corrected chi connectivity index (χ0v) is 11.8. The van der Waals surface area contributed by atoms with E-state index in [1.165, 1.54) is 19.1 Å². The molecule has 0 bridgehead atoms. The van der Waals surface area contributed by atoms with Crippen molar-refractivity contribution in [2.75, 3.05) is 25.7 Å². The molecule has 110 valence electrons. The van der Waals surface area contributed by atoms with E-state index in [-0.39, 0.29) is 13.0 Å². The molecule has 1 fully saturated rings. The van der Waals surface area contributed by atoms with E-state index in [9.17, 15) is 17.1 Å². The van der Waals surface area contributed by atoms with Crippen molar-refractivity contribution >= 4 is 21.8 Å². The minimum absolute atomic E-state index is 0.235. The number of ether oxygens (including phenoxy) is 2. The summed E-state index contributed by atoms with van der Waals surface area (Å²) >= 11 is 0. The SMILES string of the molecule is COc1cccc(N2CC(S(=O)(=O)F)CC2=O)c1OC. The van der Waals surface area contributed by atoms with Gasteiger partial charge in [-0.3, -0.25) is 4.79 Å². The van der Waals surface area contributed by atoms with Crippen LogP contribution in [0.25, 0.3) is 0 Å². The number of carbonyl (C=O) groups is 1. The summed E-state index contributed by atoms with van der Waals surface area (Å²) in [5, 5.41) is -1.34. The number of hydrogen-bond donors (Lipinski definition) is 0. The molecule has 0 radical (unpaired) electrons. The first-order valence-electron chi connectivity index (χ1n) is 5.83. The van der Waals surface area contributed by atoms with Crippen molar-refractivity contribution in [3.05, 3.63) is 18.2 Å². The molecule has 0 N–H and O–H groups in total. The first-order valence-corrected chi connectivity index (χ1v) is 7.28. The first kappa shape index (κ1) is 14.6. The molecular weight excluding hydrogens is 289 g/mol. The highest BCUT2D eigenvalue weighted by molar-refractivity contribution is 7.87. The zero-order valence-electron chi connectivity index (χ0n) is 11.0. The highest BCUT2D eigenvalue weighted by Crippen LogP contribution is 2.39. The molecule has 2 rings (SSSR count). The van der Waals surface area contributed by atoms with Crippen LogP contribution >= 0.6 is 0 Å². The van der Waals surface area contributed by atoms with Crippen molar-refractivity contribution in [2.24, 2.45) is 0 Å². The summed E-state index contributed by atoms with van der Waals surface area (Å²) in [4.78, 5) is 13.1. The average Bonchev–Trinajstić information content (AvgIpc) is 2.79. The second kappa shape index (κ2) is 5.28. The van der Waals surface area contributed by atoms with Gasteiger partial charge in [-0.15, -0.1) is 3.89 Å². The van der Waals surface area contributed by atoms with Gasteiger partial charge in [-0.05, 0) is 12.1 Å². The number of methoxy groups -OCH3 is 2. The first-order chi connectivity index (χ1) is 9.38. The van der Waals surface area contributed by atoms with Crippen LogP contribution in [0.15, 0.2) is 18.2 Å². The van der Waals surface area contributed by atoms with Crippen LogP contribution in [0.2, 0.25) is 0 Å². The predicted molar refractivity (Wildman–Crippen MR) is 70.3 cm³/mol. The van der Waals surface area contributed by atoms with Crippen molar-refractivity contribution in [3.63, 3.8) is 0 Å². The van der Waals surface area contributed by atoms with Gasteiger partial charge >= 0.3 is 10.2 Å². The van der Waals surface area contributed by atoms with Crippen molar-refractivity contribution in [1.82, 2.24) is 0 Å². The molecule has 20 heavy (non-hydrogen) atoms. The highest BCUT2D eigenvalue weighted by Gasteiger charge is 2.40.